The van der Waals surface area contributed by atoms with Crippen LogP contribution in [0.4, 0.5) is 0 Å². The Morgan fingerprint density at radius 2 is 1.93 bits per heavy atom. The first-order valence-corrected chi connectivity index (χ1v) is 10.1. The van der Waals surface area contributed by atoms with E-state index >= 15 is 0 Å². The number of nitrogens with one attached hydrogen (secondary N) is 1. The number of aromatic nitrogens is 3. The number of halogens is 1. The van der Waals surface area contributed by atoms with E-state index in [0.717, 1.165) is 89.1 Å². The van der Waals surface area contributed by atoms with Crippen molar-refractivity contribution in [2.24, 2.45) is 0 Å². The number of para-hydroxylation sites is 1. The average Bonchev–Trinajstić information content (AvgIpc) is 2.98. The van der Waals surface area contributed by atoms with Gasteiger partial charge in [-0.15, -0.1) is 22.6 Å². The summed E-state index contributed by atoms with van der Waals surface area (Å²) in [4.78, 5) is 2.52. The van der Waals surface area contributed by atoms with Crippen LogP contribution in [0.5, 0.6) is 11.5 Å². The topological polar surface area (TPSA) is 64.4 Å². The first-order chi connectivity index (χ1) is 13.4. The zero-order chi connectivity index (χ0) is 18.1. The van der Waals surface area contributed by atoms with Gasteiger partial charge in [0.25, 0.3) is 0 Å². The average molecular weight is 406 g/mol. The van der Waals surface area contributed by atoms with Gasteiger partial charge in [0.2, 0.25) is 0 Å². The van der Waals surface area contributed by atoms with Crippen molar-refractivity contribution in [2.75, 3.05) is 32.8 Å². The third kappa shape index (κ3) is 3.83. The molecule has 0 saturated carbocycles. The Morgan fingerprint density at radius 3 is 2.82 bits per heavy atom. The van der Waals surface area contributed by atoms with Crippen molar-refractivity contribution in [3.63, 3.8) is 0 Å². The Hall–Kier alpha value is -1.83. The van der Waals surface area contributed by atoms with Crippen LogP contribution in [-0.4, -0.2) is 52.5 Å². The summed E-state index contributed by atoms with van der Waals surface area (Å²) in [5, 5.41) is 12.3. The first-order valence-electron chi connectivity index (χ1n) is 10.1. The number of fused-ring (bicyclic) bond motifs is 2. The van der Waals surface area contributed by atoms with Crippen molar-refractivity contribution >= 4 is 12.4 Å². The molecule has 3 aliphatic heterocycles. The molecule has 2 aromatic rings. The monoisotopic (exact) mass is 405 g/mol. The van der Waals surface area contributed by atoms with Gasteiger partial charge in [-0.1, -0.05) is 12.1 Å². The largest absolute Gasteiger partial charge is 0.490 e. The molecule has 0 bridgehead atoms. The summed E-state index contributed by atoms with van der Waals surface area (Å²) in [5.74, 6) is 4.63. The molecular formula is C20H28ClN5O2. The van der Waals surface area contributed by atoms with Gasteiger partial charge in [-0.2, -0.15) is 0 Å². The fourth-order valence-electron chi connectivity index (χ4n) is 4.39. The fourth-order valence-corrected chi connectivity index (χ4v) is 4.39. The molecule has 8 heteroatoms. The van der Waals surface area contributed by atoms with Gasteiger partial charge in [-0.3, -0.25) is 4.90 Å². The molecule has 0 aliphatic carbocycles. The molecule has 152 valence electrons. The van der Waals surface area contributed by atoms with Gasteiger partial charge >= 0.3 is 0 Å². The maximum absolute atomic E-state index is 5.98. The number of likely N-dealkylation sites (tertiary alicyclic amines) is 1. The van der Waals surface area contributed by atoms with Crippen LogP contribution < -0.4 is 14.8 Å². The highest BCUT2D eigenvalue weighted by Crippen LogP contribution is 2.35. The predicted molar refractivity (Wildman–Crippen MR) is 108 cm³/mol. The molecule has 1 N–H and O–H groups in total. The van der Waals surface area contributed by atoms with Gasteiger partial charge in [0, 0.05) is 37.5 Å². The van der Waals surface area contributed by atoms with Crippen LogP contribution in [0.3, 0.4) is 0 Å². The Kier molecular flexibility index (Phi) is 6.04. The quantitative estimate of drug-likeness (QED) is 0.845. The van der Waals surface area contributed by atoms with Gasteiger partial charge in [0.1, 0.15) is 11.6 Å². The fraction of sp³-hybridized carbons (Fsp3) is 0.600. The molecule has 3 aliphatic rings. The summed E-state index contributed by atoms with van der Waals surface area (Å²) in [5.41, 5.74) is 1.23. The molecule has 1 aromatic carbocycles. The van der Waals surface area contributed by atoms with E-state index in [9.17, 15) is 0 Å². The maximum atomic E-state index is 5.98. The molecule has 0 amide bonds. The third-order valence-electron chi connectivity index (χ3n) is 5.85. The zero-order valence-corrected chi connectivity index (χ0v) is 16.9. The van der Waals surface area contributed by atoms with Gasteiger partial charge in [0.05, 0.1) is 19.8 Å². The second-order valence-electron chi connectivity index (χ2n) is 7.65. The van der Waals surface area contributed by atoms with Gasteiger partial charge in [-0.25, -0.2) is 0 Å². The van der Waals surface area contributed by atoms with Crippen LogP contribution in [0, 0.1) is 0 Å². The predicted octanol–water partition coefficient (Wildman–Crippen LogP) is 2.34. The van der Waals surface area contributed by atoms with E-state index in [0.29, 0.717) is 5.92 Å². The Morgan fingerprint density at radius 1 is 1.07 bits per heavy atom. The summed E-state index contributed by atoms with van der Waals surface area (Å²) in [6.07, 6.45) is 3.22. The highest BCUT2D eigenvalue weighted by Gasteiger charge is 2.27. The van der Waals surface area contributed by atoms with E-state index in [4.69, 9.17) is 9.47 Å². The lowest BCUT2D eigenvalue weighted by Crippen LogP contribution is -2.34. The number of ether oxygens (including phenoxy) is 2. The van der Waals surface area contributed by atoms with Crippen LogP contribution in [0.1, 0.15) is 42.4 Å². The Bertz CT molecular complexity index is 804. The summed E-state index contributed by atoms with van der Waals surface area (Å²) in [6.45, 7) is 7.39. The SMILES string of the molecule is Cl.c1cc(CN2CCC(c3nnc4n3CCNC4)CC2)c2c(c1)OCCCO2. The molecule has 1 saturated heterocycles. The van der Waals surface area contributed by atoms with E-state index in [2.05, 4.69) is 37.1 Å². The number of hydrogen-bond donors (Lipinski definition) is 1. The Labute approximate surface area is 171 Å². The molecular weight excluding hydrogens is 378 g/mol. The van der Waals surface area contributed by atoms with Crippen LogP contribution >= 0.6 is 12.4 Å². The number of hydrogen-bond acceptors (Lipinski definition) is 6. The van der Waals surface area contributed by atoms with Gasteiger partial charge < -0.3 is 19.4 Å². The summed E-state index contributed by atoms with van der Waals surface area (Å²) in [6, 6.07) is 6.26. The summed E-state index contributed by atoms with van der Waals surface area (Å²) < 4.78 is 14.1. The molecule has 7 nitrogen and oxygen atoms in total. The number of nitrogens with zero attached hydrogens (tertiary/aromatic N) is 4. The number of piperidine rings is 1. The minimum absolute atomic E-state index is 0. The van der Waals surface area contributed by atoms with Crippen molar-refractivity contribution in [1.29, 1.82) is 0 Å². The lowest BCUT2D eigenvalue weighted by molar-refractivity contribution is 0.196. The van der Waals surface area contributed by atoms with Crippen LogP contribution in [0.2, 0.25) is 0 Å². The van der Waals surface area contributed by atoms with E-state index < -0.39 is 0 Å². The number of rotatable bonds is 3. The summed E-state index contributed by atoms with van der Waals surface area (Å²) >= 11 is 0. The molecule has 0 atom stereocenters. The molecule has 1 aromatic heterocycles. The van der Waals surface area contributed by atoms with Crippen LogP contribution in [0.15, 0.2) is 18.2 Å². The smallest absolute Gasteiger partial charge is 0.165 e. The van der Waals surface area contributed by atoms with E-state index in [1.807, 2.05) is 6.07 Å². The standard InChI is InChI=1S/C20H27N5O2.ClH/c1-3-16(19-17(4-1)26-11-2-12-27-19)14-24-8-5-15(6-9-24)20-23-22-18-13-21-7-10-25(18)20;/h1,3-4,15,21H,2,5-14H2;1H. The number of benzene rings is 1. The Balaban J connectivity index is 0.00000192. The minimum Gasteiger partial charge on any atom is -0.490 e. The van der Waals surface area contributed by atoms with Gasteiger partial charge in [0.15, 0.2) is 11.5 Å². The van der Waals surface area contributed by atoms with Crippen LogP contribution in [-0.2, 0) is 19.6 Å². The van der Waals surface area contributed by atoms with E-state index in [1.165, 1.54) is 11.4 Å². The highest BCUT2D eigenvalue weighted by molar-refractivity contribution is 5.85. The van der Waals surface area contributed by atoms with Crippen molar-refractivity contribution in [1.82, 2.24) is 25.0 Å². The molecule has 5 rings (SSSR count). The van der Waals surface area contributed by atoms with E-state index in [1.54, 1.807) is 0 Å². The maximum Gasteiger partial charge on any atom is 0.165 e. The third-order valence-corrected chi connectivity index (χ3v) is 5.85. The second kappa shape index (κ2) is 8.68. The van der Waals surface area contributed by atoms with Crippen molar-refractivity contribution in [3.8, 4) is 11.5 Å². The minimum atomic E-state index is 0. The lowest BCUT2D eigenvalue weighted by Gasteiger charge is -2.32. The normalized spacial score (nSPS) is 20.1. The molecule has 4 heterocycles. The molecule has 28 heavy (non-hydrogen) atoms. The van der Waals surface area contributed by atoms with E-state index in [-0.39, 0.29) is 12.4 Å². The highest BCUT2D eigenvalue weighted by atomic mass is 35.5. The molecule has 0 spiro atoms. The van der Waals surface area contributed by atoms with Crippen LogP contribution in [0.25, 0.3) is 0 Å². The van der Waals surface area contributed by atoms with Crippen molar-refractivity contribution < 1.29 is 9.47 Å². The van der Waals surface area contributed by atoms with Gasteiger partial charge in [-0.05, 0) is 32.0 Å². The molecule has 1 fully saturated rings. The van der Waals surface area contributed by atoms with Crippen molar-refractivity contribution in [2.45, 2.75) is 44.8 Å². The molecule has 0 unspecified atom stereocenters. The molecule has 0 radical (unpaired) electrons. The summed E-state index contributed by atoms with van der Waals surface area (Å²) in [7, 11) is 0. The lowest BCUT2D eigenvalue weighted by atomic mass is 9.95. The first kappa shape index (κ1) is 19.5. The second-order valence-corrected chi connectivity index (χ2v) is 7.65. The zero-order valence-electron chi connectivity index (χ0n) is 16.1. The van der Waals surface area contributed by atoms with Crippen molar-refractivity contribution in [3.05, 3.63) is 35.4 Å².